The highest BCUT2D eigenvalue weighted by molar-refractivity contribution is 6.33. The summed E-state index contributed by atoms with van der Waals surface area (Å²) < 4.78 is 40.6. The number of hydrogen-bond donors (Lipinski definition) is 1. The topological polar surface area (TPSA) is 49.9 Å². The number of rotatable bonds is 4. The van der Waals surface area contributed by atoms with Crippen LogP contribution >= 0.6 is 11.6 Å². The van der Waals surface area contributed by atoms with Crippen molar-refractivity contribution in [1.29, 1.82) is 0 Å². The van der Waals surface area contributed by atoms with E-state index in [1.54, 1.807) is 16.7 Å². The molecule has 1 N–H and O–H groups in total. The first-order valence-electron chi connectivity index (χ1n) is 8.97. The van der Waals surface area contributed by atoms with Gasteiger partial charge >= 0.3 is 6.18 Å². The van der Waals surface area contributed by atoms with Gasteiger partial charge in [-0.1, -0.05) is 60.1 Å². The molecule has 0 saturated carbocycles. The van der Waals surface area contributed by atoms with Crippen molar-refractivity contribution in [2.24, 2.45) is 10.2 Å². The van der Waals surface area contributed by atoms with Crippen LogP contribution < -0.4 is 0 Å². The molecule has 0 atom stereocenters. The van der Waals surface area contributed by atoms with E-state index in [4.69, 9.17) is 11.6 Å². The van der Waals surface area contributed by atoms with Crippen molar-refractivity contribution in [3.63, 3.8) is 0 Å². The Morgan fingerprint density at radius 3 is 2.33 bits per heavy atom. The number of halogens is 4. The Morgan fingerprint density at radius 1 is 0.900 bits per heavy atom. The van der Waals surface area contributed by atoms with Crippen LogP contribution in [0.5, 0.6) is 5.88 Å². The quantitative estimate of drug-likeness (QED) is 0.336. The Hall–Kier alpha value is -3.32. The number of azo groups is 1. The van der Waals surface area contributed by atoms with Gasteiger partial charge in [-0.2, -0.15) is 13.2 Å². The van der Waals surface area contributed by atoms with Gasteiger partial charge in [-0.25, -0.2) is 0 Å². The standard InChI is InChI=1S/C22H15ClF3N3O/c23-17-11-10-15(22(24,25)26)12-18(17)27-28-20-16-8-4-5-9-19(16)29(21(20)30)13-14-6-2-1-3-7-14/h1-12,30H,13H2. The molecule has 0 fully saturated rings. The van der Waals surface area contributed by atoms with Gasteiger partial charge in [-0.15, -0.1) is 10.2 Å². The molecule has 0 unspecified atom stereocenters. The predicted octanol–water partition coefficient (Wildman–Crippen LogP) is 7.48. The van der Waals surface area contributed by atoms with Gasteiger partial charge in [0.1, 0.15) is 5.69 Å². The Labute approximate surface area is 174 Å². The van der Waals surface area contributed by atoms with Crippen molar-refractivity contribution in [1.82, 2.24) is 4.57 Å². The fourth-order valence-electron chi connectivity index (χ4n) is 3.17. The number of fused-ring (bicyclic) bond motifs is 1. The highest BCUT2D eigenvalue weighted by Gasteiger charge is 2.31. The zero-order chi connectivity index (χ0) is 21.3. The summed E-state index contributed by atoms with van der Waals surface area (Å²) in [5.41, 5.74) is 0.846. The van der Waals surface area contributed by atoms with Crippen molar-refractivity contribution in [2.45, 2.75) is 12.7 Å². The van der Waals surface area contributed by atoms with Crippen LogP contribution in [0, 0.1) is 0 Å². The smallest absolute Gasteiger partial charge is 0.416 e. The lowest BCUT2D eigenvalue weighted by atomic mass is 10.2. The van der Waals surface area contributed by atoms with E-state index in [2.05, 4.69) is 10.2 Å². The third-order valence-electron chi connectivity index (χ3n) is 4.63. The van der Waals surface area contributed by atoms with E-state index in [0.29, 0.717) is 11.9 Å². The fraction of sp³-hybridized carbons (Fsp3) is 0.0909. The fourth-order valence-corrected chi connectivity index (χ4v) is 3.32. The summed E-state index contributed by atoms with van der Waals surface area (Å²) in [6, 6.07) is 19.6. The highest BCUT2D eigenvalue weighted by Crippen LogP contribution is 2.41. The van der Waals surface area contributed by atoms with Crippen molar-refractivity contribution in [3.05, 3.63) is 88.9 Å². The third-order valence-corrected chi connectivity index (χ3v) is 4.95. The second-order valence-corrected chi connectivity index (χ2v) is 7.03. The molecule has 4 nitrogen and oxygen atoms in total. The average Bonchev–Trinajstić information content (AvgIpc) is 2.99. The molecule has 4 rings (SSSR count). The minimum atomic E-state index is -4.53. The van der Waals surface area contributed by atoms with E-state index in [9.17, 15) is 18.3 Å². The normalized spacial score (nSPS) is 12.1. The molecule has 1 aromatic heterocycles. The molecule has 0 bridgehead atoms. The maximum atomic E-state index is 13.0. The minimum absolute atomic E-state index is 0.0271. The predicted molar refractivity (Wildman–Crippen MR) is 110 cm³/mol. The molecule has 1 heterocycles. The summed E-state index contributed by atoms with van der Waals surface area (Å²) in [6.45, 7) is 0.396. The lowest BCUT2D eigenvalue weighted by molar-refractivity contribution is -0.137. The summed E-state index contributed by atoms with van der Waals surface area (Å²) in [7, 11) is 0. The SMILES string of the molecule is Oc1c(N=Nc2cc(C(F)(F)F)ccc2Cl)c2ccccc2n1Cc1ccccc1. The van der Waals surface area contributed by atoms with Gasteiger partial charge in [0, 0.05) is 5.39 Å². The molecular weight excluding hydrogens is 415 g/mol. The average molecular weight is 430 g/mol. The number of benzene rings is 3. The van der Waals surface area contributed by atoms with Crippen molar-refractivity contribution < 1.29 is 18.3 Å². The maximum absolute atomic E-state index is 13.0. The van der Waals surface area contributed by atoms with Crippen LogP contribution in [-0.4, -0.2) is 9.67 Å². The second-order valence-electron chi connectivity index (χ2n) is 6.63. The zero-order valence-electron chi connectivity index (χ0n) is 15.4. The monoisotopic (exact) mass is 429 g/mol. The number of alkyl halides is 3. The van der Waals surface area contributed by atoms with Crippen molar-refractivity contribution in [2.75, 3.05) is 0 Å². The van der Waals surface area contributed by atoms with E-state index in [-0.39, 0.29) is 22.3 Å². The van der Waals surface area contributed by atoms with Gasteiger partial charge in [-0.3, -0.25) is 0 Å². The van der Waals surface area contributed by atoms with E-state index in [0.717, 1.165) is 29.3 Å². The van der Waals surface area contributed by atoms with E-state index < -0.39 is 11.7 Å². The number of nitrogens with zero attached hydrogens (tertiary/aromatic N) is 3. The Morgan fingerprint density at radius 2 is 1.60 bits per heavy atom. The molecule has 0 aliphatic carbocycles. The van der Waals surface area contributed by atoms with Gasteiger partial charge in [0.25, 0.3) is 0 Å². The van der Waals surface area contributed by atoms with E-state index >= 15 is 0 Å². The molecule has 0 aliphatic heterocycles. The first-order chi connectivity index (χ1) is 14.3. The van der Waals surface area contributed by atoms with Crippen LogP contribution in [-0.2, 0) is 12.7 Å². The molecule has 3 aromatic carbocycles. The number of aromatic hydroxyl groups is 1. The molecule has 152 valence electrons. The molecule has 0 spiro atoms. The van der Waals surface area contributed by atoms with Gasteiger partial charge in [0.15, 0.2) is 5.69 Å². The third kappa shape index (κ3) is 3.89. The summed E-state index contributed by atoms with van der Waals surface area (Å²) in [4.78, 5) is 0. The lowest BCUT2D eigenvalue weighted by Crippen LogP contribution is -2.03. The van der Waals surface area contributed by atoms with E-state index in [1.165, 1.54) is 0 Å². The van der Waals surface area contributed by atoms with E-state index in [1.807, 2.05) is 42.5 Å². The van der Waals surface area contributed by atoms with Crippen LogP contribution in [0.2, 0.25) is 5.02 Å². The largest absolute Gasteiger partial charge is 0.493 e. The van der Waals surface area contributed by atoms with Crippen molar-refractivity contribution >= 4 is 33.9 Å². The zero-order valence-corrected chi connectivity index (χ0v) is 16.2. The molecular formula is C22H15ClF3N3O. The number of hydrogen-bond acceptors (Lipinski definition) is 3. The summed E-state index contributed by atoms with van der Waals surface area (Å²) in [5.74, 6) is -0.132. The molecule has 0 radical (unpaired) electrons. The number of para-hydroxylation sites is 1. The number of aromatic nitrogens is 1. The minimum Gasteiger partial charge on any atom is -0.493 e. The molecule has 8 heteroatoms. The first kappa shape index (κ1) is 20.0. The first-order valence-corrected chi connectivity index (χ1v) is 9.35. The van der Waals surface area contributed by atoms with Crippen LogP contribution in [0.4, 0.5) is 24.5 Å². The second kappa shape index (κ2) is 7.84. The highest BCUT2D eigenvalue weighted by atomic mass is 35.5. The van der Waals surface area contributed by atoms with Crippen molar-refractivity contribution in [3.8, 4) is 5.88 Å². The molecule has 30 heavy (non-hydrogen) atoms. The Kier molecular flexibility index (Phi) is 5.22. The molecule has 0 saturated heterocycles. The Balaban J connectivity index is 1.78. The molecule has 4 aromatic rings. The molecule has 0 amide bonds. The van der Waals surface area contributed by atoms with Gasteiger partial charge in [0.05, 0.1) is 22.6 Å². The van der Waals surface area contributed by atoms with Gasteiger partial charge in [0.2, 0.25) is 5.88 Å². The molecule has 0 aliphatic rings. The van der Waals surface area contributed by atoms with Gasteiger partial charge in [-0.05, 0) is 29.8 Å². The summed E-state index contributed by atoms with van der Waals surface area (Å²) in [5, 5.41) is 19.4. The maximum Gasteiger partial charge on any atom is 0.416 e. The van der Waals surface area contributed by atoms with Crippen LogP contribution in [0.3, 0.4) is 0 Å². The summed E-state index contributed by atoms with van der Waals surface area (Å²) in [6.07, 6.45) is -4.53. The van der Waals surface area contributed by atoms with Crippen LogP contribution in [0.15, 0.2) is 83.0 Å². The lowest BCUT2D eigenvalue weighted by Gasteiger charge is -2.07. The Bertz CT molecular complexity index is 1230. The summed E-state index contributed by atoms with van der Waals surface area (Å²) >= 11 is 5.99. The van der Waals surface area contributed by atoms with Crippen LogP contribution in [0.1, 0.15) is 11.1 Å². The van der Waals surface area contributed by atoms with Crippen LogP contribution in [0.25, 0.3) is 10.9 Å². The van der Waals surface area contributed by atoms with Gasteiger partial charge < -0.3 is 9.67 Å².